The quantitative estimate of drug-likeness (QED) is 0.585. The van der Waals surface area contributed by atoms with Gasteiger partial charge in [-0.15, -0.1) is 6.58 Å². The molecule has 0 saturated carbocycles. The van der Waals surface area contributed by atoms with E-state index in [1.165, 1.54) is 6.92 Å². The first kappa shape index (κ1) is 19.6. The third-order valence-electron chi connectivity index (χ3n) is 3.91. The first-order chi connectivity index (χ1) is 12.1. The number of aliphatic hydroxyl groups is 2. The molecule has 1 aliphatic heterocycles. The van der Waals surface area contributed by atoms with E-state index in [0.717, 1.165) is 5.56 Å². The molecule has 7 heteroatoms. The number of hydrogen-bond acceptors (Lipinski definition) is 6. The Balaban J connectivity index is 2.18. The first-order valence-electron chi connectivity index (χ1n) is 8.16. The molecular weight excluding hydrogens is 326 g/mol. The topological polar surface area (TPSA) is 97.3 Å². The van der Waals surface area contributed by atoms with Gasteiger partial charge in [0.25, 0.3) is 0 Å². The van der Waals surface area contributed by atoms with Gasteiger partial charge in [-0.3, -0.25) is 4.79 Å². The number of aliphatic hydroxyl groups excluding tert-OH is 2. The fraction of sp³-hybridized carbons (Fsp3) is 0.500. The van der Waals surface area contributed by atoms with Crippen molar-refractivity contribution in [3.05, 3.63) is 48.6 Å². The minimum Gasteiger partial charge on any atom is -0.394 e. The summed E-state index contributed by atoms with van der Waals surface area (Å²) in [6.45, 7) is 5.09. The van der Waals surface area contributed by atoms with Crippen LogP contribution in [0.25, 0.3) is 0 Å². The summed E-state index contributed by atoms with van der Waals surface area (Å²) >= 11 is 0. The first-order valence-corrected chi connectivity index (χ1v) is 8.16. The summed E-state index contributed by atoms with van der Waals surface area (Å²) < 4.78 is 17.1. The van der Waals surface area contributed by atoms with Gasteiger partial charge in [-0.1, -0.05) is 36.4 Å². The predicted molar refractivity (Wildman–Crippen MR) is 90.5 cm³/mol. The number of amides is 1. The van der Waals surface area contributed by atoms with Crippen LogP contribution in [0.15, 0.2) is 43.0 Å². The van der Waals surface area contributed by atoms with E-state index in [2.05, 4.69) is 11.9 Å². The maximum absolute atomic E-state index is 11.5. The van der Waals surface area contributed by atoms with E-state index in [-0.39, 0.29) is 25.7 Å². The van der Waals surface area contributed by atoms with E-state index in [1.807, 2.05) is 30.3 Å². The Morgan fingerprint density at radius 3 is 2.64 bits per heavy atom. The zero-order valence-electron chi connectivity index (χ0n) is 14.2. The lowest BCUT2D eigenvalue weighted by Gasteiger charge is -2.44. The van der Waals surface area contributed by atoms with Crippen molar-refractivity contribution in [1.29, 1.82) is 0 Å². The Labute approximate surface area is 147 Å². The standard InChI is InChI=1S/C18H25NO6/c1-3-9-23-17-15(19-12(2)21)18(22)25-14(10-20)16(17)24-11-13-7-5-4-6-8-13/h3-8,14-18,20,22H,1,9-11H2,2H3,(H,19,21)/t14-,15+,16-,17-,18+/m1/s1. The summed E-state index contributed by atoms with van der Waals surface area (Å²) in [4.78, 5) is 11.5. The minimum atomic E-state index is -1.31. The number of hydrogen-bond donors (Lipinski definition) is 3. The maximum Gasteiger partial charge on any atom is 0.217 e. The van der Waals surface area contributed by atoms with E-state index in [4.69, 9.17) is 14.2 Å². The number of carbonyl (C=O) groups is 1. The van der Waals surface area contributed by atoms with Crippen LogP contribution >= 0.6 is 0 Å². The van der Waals surface area contributed by atoms with Gasteiger partial charge in [0.1, 0.15) is 24.4 Å². The molecule has 0 unspecified atom stereocenters. The lowest BCUT2D eigenvalue weighted by molar-refractivity contribution is -0.271. The van der Waals surface area contributed by atoms with E-state index >= 15 is 0 Å². The van der Waals surface area contributed by atoms with Crippen LogP contribution in [0.3, 0.4) is 0 Å². The Morgan fingerprint density at radius 1 is 1.32 bits per heavy atom. The predicted octanol–water partition coefficient (Wildman–Crippen LogP) is 0.357. The Kier molecular flexibility index (Phi) is 7.54. The maximum atomic E-state index is 11.5. The molecular formula is C18H25NO6. The van der Waals surface area contributed by atoms with Gasteiger partial charge in [0.05, 0.1) is 19.8 Å². The Bertz CT molecular complexity index is 552. The van der Waals surface area contributed by atoms with Crippen molar-refractivity contribution in [2.24, 2.45) is 0 Å². The van der Waals surface area contributed by atoms with Crippen molar-refractivity contribution >= 4 is 5.91 Å². The van der Waals surface area contributed by atoms with Crippen LogP contribution in [0, 0.1) is 0 Å². The monoisotopic (exact) mass is 351 g/mol. The highest BCUT2D eigenvalue weighted by molar-refractivity contribution is 5.73. The Hall–Kier alpha value is -1.77. The van der Waals surface area contributed by atoms with Gasteiger partial charge in [-0.2, -0.15) is 0 Å². The molecule has 0 spiro atoms. The molecule has 7 nitrogen and oxygen atoms in total. The van der Waals surface area contributed by atoms with E-state index in [9.17, 15) is 15.0 Å². The number of ether oxygens (including phenoxy) is 3. The second kappa shape index (κ2) is 9.65. The van der Waals surface area contributed by atoms with Crippen LogP contribution in [-0.2, 0) is 25.6 Å². The zero-order valence-corrected chi connectivity index (χ0v) is 14.2. The minimum absolute atomic E-state index is 0.205. The van der Waals surface area contributed by atoms with E-state index in [0.29, 0.717) is 0 Å². The second-order valence-corrected chi connectivity index (χ2v) is 5.82. The number of rotatable bonds is 8. The largest absolute Gasteiger partial charge is 0.394 e. The van der Waals surface area contributed by atoms with Crippen LogP contribution in [0.4, 0.5) is 0 Å². The molecule has 3 N–H and O–H groups in total. The molecule has 1 heterocycles. The van der Waals surface area contributed by atoms with Crippen molar-refractivity contribution in [1.82, 2.24) is 5.32 Å². The molecule has 25 heavy (non-hydrogen) atoms. The summed E-state index contributed by atoms with van der Waals surface area (Å²) in [7, 11) is 0. The highest BCUT2D eigenvalue weighted by Gasteiger charge is 2.47. The molecule has 1 saturated heterocycles. The van der Waals surface area contributed by atoms with Crippen LogP contribution < -0.4 is 5.32 Å². The summed E-state index contributed by atoms with van der Waals surface area (Å²) in [6.07, 6.45) is -1.91. The van der Waals surface area contributed by atoms with Gasteiger partial charge in [0, 0.05) is 6.92 Å². The fourth-order valence-electron chi connectivity index (χ4n) is 2.80. The lowest BCUT2D eigenvalue weighted by Crippen LogP contribution is -2.65. The van der Waals surface area contributed by atoms with Crippen molar-refractivity contribution in [3.63, 3.8) is 0 Å². The van der Waals surface area contributed by atoms with Gasteiger partial charge in [-0.05, 0) is 5.56 Å². The highest BCUT2D eigenvalue weighted by Crippen LogP contribution is 2.26. The molecule has 1 aromatic rings. The average Bonchev–Trinajstić information content (AvgIpc) is 2.61. The summed E-state index contributed by atoms with van der Waals surface area (Å²) in [6, 6.07) is 8.71. The van der Waals surface area contributed by atoms with E-state index in [1.54, 1.807) is 6.08 Å². The molecule has 0 bridgehead atoms. The summed E-state index contributed by atoms with van der Waals surface area (Å²) in [5, 5.41) is 22.4. The molecule has 0 radical (unpaired) electrons. The number of carbonyl (C=O) groups excluding carboxylic acids is 1. The number of nitrogens with one attached hydrogen (secondary N) is 1. The van der Waals surface area contributed by atoms with Crippen molar-refractivity contribution in [2.45, 2.75) is 44.2 Å². The molecule has 0 aromatic heterocycles. The van der Waals surface area contributed by atoms with Crippen molar-refractivity contribution < 1.29 is 29.2 Å². The molecule has 1 fully saturated rings. The molecule has 2 rings (SSSR count). The van der Waals surface area contributed by atoms with Crippen molar-refractivity contribution in [3.8, 4) is 0 Å². The SMILES string of the molecule is C=CCO[C@@H]1[C@H](NC(C)=O)[C@@H](O)O[C@H](CO)[C@H]1OCc1ccccc1. The number of benzene rings is 1. The molecule has 138 valence electrons. The normalized spacial score (nSPS) is 29.2. The van der Waals surface area contributed by atoms with Crippen LogP contribution in [0.5, 0.6) is 0 Å². The smallest absolute Gasteiger partial charge is 0.217 e. The van der Waals surface area contributed by atoms with Gasteiger partial charge < -0.3 is 29.7 Å². The third-order valence-corrected chi connectivity index (χ3v) is 3.91. The van der Waals surface area contributed by atoms with Gasteiger partial charge in [0.15, 0.2) is 6.29 Å². The lowest BCUT2D eigenvalue weighted by atomic mass is 9.96. The van der Waals surface area contributed by atoms with Crippen LogP contribution in [0.2, 0.25) is 0 Å². The zero-order chi connectivity index (χ0) is 18.2. The molecule has 1 amide bonds. The van der Waals surface area contributed by atoms with Crippen LogP contribution in [-0.4, -0.2) is 60.0 Å². The van der Waals surface area contributed by atoms with Gasteiger partial charge >= 0.3 is 0 Å². The summed E-state index contributed by atoms with van der Waals surface area (Å²) in [5.74, 6) is -0.330. The average molecular weight is 351 g/mol. The molecule has 1 aliphatic rings. The highest BCUT2D eigenvalue weighted by atomic mass is 16.6. The van der Waals surface area contributed by atoms with E-state index < -0.39 is 30.6 Å². The molecule has 0 aliphatic carbocycles. The summed E-state index contributed by atoms with van der Waals surface area (Å²) in [5.41, 5.74) is 0.948. The van der Waals surface area contributed by atoms with Crippen molar-refractivity contribution in [2.75, 3.05) is 13.2 Å². The fourth-order valence-corrected chi connectivity index (χ4v) is 2.80. The molecule has 5 atom stereocenters. The molecule has 1 aromatic carbocycles. The Morgan fingerprint density at radius 2 is 2.04 bits per heavy atom. The second-order valence-electron chi connectivity index (χ2n) is 5.82. The van der Waals surface area contributed by atoms with Gasteiger partial charge in [-0.25, -0.2) is 0 Å². The van der Waals surface area contributed by atoms with Gasteiger partial charge in [0.2, 0.25) is 5.91 Å². The van der Waals surface area contributed by atoms with Crippen LogP contribution in [0.1, 0.15) is 12.5 Å². The third kappa shape index (κ3) is 5.35.